The second kappa shape index (κ2) is 11.3. The van der Waals surface area contributed by atoms with Crippen molar-refractivity contribution >= 4 is 22.6 Å². The zero-order chi connectivity index (χ0) is 25.9. The lowest BCUT2D eigenvalue weighted by atomic mass is 9.81. The lowest BCUT2D eigenvalue weighted by Gasteiger charge is -2.28. The van der Waals surface area contributed by atoms with Crippen LogP contribution < -0.4 is 4.90 Å². The van der Waals surface area contributed by atoms with E-state index >= 15 is 0 Å². The fourth-order valence-electron chi connectivity index (χ4n) is 6.74. The Balaban J connectivity index is 1.60. The minimum Gasteiger partial charge on any atom is -0.478 e. The van der Waals surface area contributed by atoms with Crippen molar-refractivity contribution in [3.8, 4) is 11.3 Å². The molecule has 3 aromatic rings. The molecule has 1 N–H and O–H groups in total. The molecule has 1 aliphatic heterocycles. The van der Waals surface area contributed by atoms with Crippen LogP contribution >= 0.6 is 0 Å². The average Bonchev–Trinajstić information content (AvgIpc) is 3.15. The molecule has 2 aliphatic rings. The number of nitrogens with zero attached hydrogens (tertiary/aromatic N) is 3. The van der Waals surface area contributed by atoms with Gasteiger partial charge in [-0.3, -0.25) is 0 Å². The van der Waals surface area contributed by atoms with E-state index in [0.717, 1.165) is 44.7 Å². The third kappa shape index (κ3) is 5.16. The van der Waals surface area contributed by atoms with Gasteiger partial charge >= 0.3 is 5.97 Å². The molecular weight excluding hydrogens is 458 g/mol. The van der Waals surface area contributed by atoms with Crippen molar-refractivity contribution in [3.63, 3.8) is 0 Å². The van der Waals surface area contributed by atoms with Gasteiger partial charge in [-0.1, -0.05) is 51.3 Å². The summed E-state index contributed by atoms with van der Waals surface area (Å²) in [6, 6.07) is 12.8. The molecule has 0 unspecified atom stereocenters. The van der Waals surface area contributed by atoms with Gasteiger partial charge in [0.25, 0.3) is 0 Å². The van der Waals surface area contributed by atoms with E-state index in [4.69, 9.17) is 0 Å². The molecule has 0 spiro atoms. The Bertz CT molecular complexity index is 1250. The van der Waals surface area contributed by atoms with E-state index in [1.807, 2.05) is 6.07 Å². The monoisotopic (exact) mass is 501 g/mol. The number of rotatable bonds is 9. The first-order chi connectivity index (χ1) is 18.0. The van der Waals surface area contributed by atoms with Crippen LogP contribution in [0.5, 0.6) is 0 Å². The number of aromatic carboxylic acids is 1. The summed E-state index contributed by atoms with van der Waals surface area (Å²) in [5, 5.41) is 11.0. The molecule has 37 heavy (non-hydrogen) atoms. The molecule has 2 aromatic carbocycles. The van der Waals surface area contributed by atoms with Crippen molar-refractivity contribution in [2.75, 3.05) is 37.6 Å². The third-order valence-electron chi connectivity index (χ3n) is 8.60. The maximum absolute atomic E-state index is 11.9. The average molecular weight is 502 g/mol. The van der Waals surface area contributed by atoms with Gasteiger partial charge in [-0.25, -0.2) is 4.79 Å². The minimum atomic E-state index is -0.851. The number of hydrogen-bond acceptors (Lipinski definition) is 3. The molecule has 5 nitrogen and oxygen atoms in total. The molecule has 1 aliphatic carbocycles. The van der Waals surface area contributed by atoms with Crippen LogP contribution in [0.2, 0.25) is 0 Å². The number of carboxylic acids is 1. The van der Waals surface area contributed by atoms with Crippen LogP contribution in [-0.4, -0.2) is 53.3 Å². The van der Waals surface area contributed by atoms with Crippen LogP contribution in [0.1, 0.15) is 86.2 Å². The maximum atomic E-state index is 11.9. The number of carbonyl (C=O) groups is 1. The fourth-order valence-corrected chi connectivity index (χ4v) is 6.74. The number of fused-ring (bicyclic) bond motifs is 5. The van der Waals surface area contributed by atoms with Gasteiger partial charge in [0, 0.05) is 41.8 Å². The Hall–Kier alpha value is -2.79. The minimum absolute atomic E-state index is 0.379. The SMILES string of the molecule is CCCN(CC)CCCN1CCn2c(c(C3CCCCC3)c3ccc(C(=O)O)cc32)-c2ccc(C)cc21. The highest BCUT2D eigenvalue weighted by Crippen LogP contribution is 2.47. The number of aryl methyl sites for hydroxylation is 1. The number of carboxylic acid groups (broad SMARTS) is 1. The van der Waals surface area contributed by atoms with E-state index in [-0.39, 0.29) is 0 Å². The van der Waals surface area contributed by atoms with Gasteiger partial charge in [-0.2, -0.15) is 0 Å². The summed E-state index contributed by atoms with van der Waals surface area (Å²) in [5.74, 6) is -0.313. The molecule has 0 radical (unpaired) electrons. The molecule has 5 rings (SSSR count). The van der Waals surface area contributed by atoms with Gasteiger partial charge in [-0.15, -0.1) is 0 Å². The van der Waals surface area contributed by atoms with Crippen LogP contribution in [0.25, 0.3) is 22.2 Å². The topological polar surface area (TPSA) is 48.7 Å². The summed E-state index contributed by atoms with van der Waals surface area (Å²) in [5.41, 5.74) is 8.21. The second-order valence-electron chi connectivity index (χ2n) is 11.1. The van der Waals surface area contributed by atoms with Crippen LogP contribution in [0, 0.1) is 6.92 Å². The molecule has 0 atom stereocenters. The zero-order valence-electron chi connectivity index (χ0n) is 22.9. The van der Waals surface area contributed by atoms with Crippen molar-refractivity contribution < 1.29 is 9.90 Å². The van der Waals surface area contributed by atoms with E-state index in [0.29, 0.717) is 11.5 Å². The zero-order valence-corrected chi connectivity index (χ0v) is 22.9. The molecule has 198 valence electrons. The van der Waals surface area contributed by atoms with Gasteiger partial charge in [-0.05, 0) is 87.5 Å². The second-order valence-corrected chi connectivity index (χ2v) is 11.1. The molecule has 1 fully saturated rings. The Labute approximate surface area is 222 Å². The molecule has 1 aromatic heterocycles. The number of anilines is 1. The Morgan fingerprint density at radius 3 is 2.57 bits per heavy atom. The number of hydrogen-bond donors (Lipinski definition) is 1. The Kier molecular flexibility index (Phi) is 7.89. The summed E-state index contributed by atoms with van der Waals surface area (Å²) >= 11 is 0. The number of benzene rings is 2. The van der Waals surface area contributed by atoms with Gasteiger partial charge in [0.2, 0.25) is 0 Å². The van der Waals surface area contributed by atoms with Crippen molar-refractivity contribution in [2.24, 2.45) is 0 Å². The molecule has 0 saturated heterocycles. The van der Waals surface area contributed by atoms with Crippen molar-refractivity contribution in [1.29, 1.82) is 0 Å². The third-order valence-corrected chi connectivity index (χ3v) is 8.60. The van der Waals surface area contributed by atoms with Crippen LogP contribution in [-0.2, 0) is 6.54 Å². The van der Waals surface area contributed by atoms with Crippen molar-refractivity contribution in [1.82, 2.24) is 9.47 Å². The van der Waals surface area contributed by atoms with Crippen LogP contribution in [0.15, 0.2) is 36.4 Å². The predicted octanol–water partition coefficient (Wildman–Crippen LogP) is 7.30. The highest BCUT2D eigenvalue weighted by atomic mass is 16.4. The van der Waals surface area contributed by atoms with E-state index in [1.54, 1.807) is 6.07 Å². The largest absolute Gasteiger partial charge is 0.478 e. The first kappa shape index (κ1) is 25.8. The highest BCUT2D eigenvalue weighted by molar-refractivity contribution is 5.99. The quantitative estimate of drug-likeness (QED) is 0.334. The predicted molar refractivity (Wildman–Crippen MR) is 154 cm³/mol. The smallest absolute Gasteiger partial charge is 0.335 e. The first-order valence-corrected chi connectivity index (χ1v) is 14.5. The normalized spacial score (nSPS) is 16.2. The van der Waals surface area contributed by atoms with Crippen LogP contribution in [0.4, 0.5) is 5.69 Å². The standard InChI is InChI=1S/C32H43N3O2/c1-4-16-33(5-2)17-9-18-34-19-20-35-29-22-25(32(36)37)13-15-26(29)30(24-10-7-6-8-11-24)31(35)27-14-12-23(3)21-28(27)34/h12-15,21-22,24H,4-11,16-20H2,1-3H3,(H,36,37). The van der Waals surface area contributed by atoms with E-state index < -0.39 is 5.97 Å². The molecule has 1 saturated carbocycles. The molecular formula is C32H43N3O2. The Morgan fingerprint density at radius 1 is 1.03 bits per heavy atom. The van der Waals surface area contributed by atoms with Crippen LogP contribution in [0.3, 0.4) is 0 Å². The summed E-state index contributed by atoms with van der Waals surface area (Å²) in [6.07, 6.45) is 8.68. The molecule has 0 amide bonds. The first-order valence-electron chi connectivity index (χ1n) is 14.5. The summed E-state index contributed by atoms with van der Waals surface area (Å²) < 4.78 is 2.45. The molecule has 2 heterocycles. The fraction of sp³-hybridized carbons (Fsp3) is 0.531. The van der Waals surface area contributed by atoms with Gasteiger partial charge < -0.3 is 19.5 Å². The van der Waals surface area contributed by atoms with E-state index in [1.165, 1.54) is 78.5 Å². The summed E-state index contributed by atoms with van der Waals surface area (Å²) in [4.78, 5) is 17.0. The van der Waals surface area contributed by atoms with Gasteiger partial charge in [0.15, 0.2) is 0 Å². The van der Waals surface area contributed by atoms with Crippen molar-refractivity contribution in [2.45, 2.75) is 78.2 Å². The van der Waals surface area contributed by atoms with Gasteiger partial charge in [0.05, 0.1) is 11.3 Å². The highest BCUT2D eigenvalue weighted by Gasteiger charge is 2.30. The maximum Gasteiger partial charge on any atom is 0.335 e. The van der Waals surface area contributed by atoms with Crippen molar-refractivity contribution in [3.05, 3.63) is 53.1 Å². The lowest BCUT2D eigenvalue weighted by molar-refractivity contribution is 0.0697. The summed E-state index contributed by atoms with van der Waals surface area (Å²) in [6.45, 7) is 13.0. The molecule has 0 bridgehead atoms. The Morgan fingerprint density at radius 2 is 1.84 bits per heavy atom. The van der Waals surface area contributed by atoms with E-state index in [9.17, 15) is 9.90 Å². The summed E-state index contributed by atoms with van der Waals surface area (Å²) in [7, 11) is 0. The van der Waals surface area contributed by atoms with E-state index in [2.05, 4.69) is 59.4 Å². The number of aromatic nitrogens is 1. The van der Waals surface area contributed by atoms with Gasteiger partial charge in [0.1, 0.15) is 0 Å². The molecule has 5 heteroatoms. The lowest BCUT2D eigenvalue weighted by Crippen LogP contribution is -2.32.